The number of aromatic nitrogens is 3. The van der Waals surface area contributed by atoms with Crippen molar-refractivity contribution >= 4 is 28.1 Å². The Labute approximate surface area is 187 Å². The number of rotatable bonds is 5. The molecule has 0 aliphatic carbocycles. The Balaban J connectivity index is 1.38. The van der Waals surface area contributed by atoms with Gasteiger partial charge in [-0.3, -0.25) is 0 Å². The van der Waals surface area contributed by atoms with E-state index in [-0.39, 0.29) is 11.6 Å². The predicted octanol–water partition coefficient (Wildman–Crippen LogP) is 4.63. The van der Waals surface area contributed by atoms with Gasteiger partial charge in [-0.1, -0.05) is 0 Å². The van der Waals surface area contributed by atoms with E-state index >= 15 is 4.39 Å². The summed E-state index contributed by atoms with van der Waals surface area (Å²) in [5, 5.41) is 6.29. The zero-order chi connectivity index (χ0) is 22.9. The second-order valence-corrected chi connectivity index (χ2v) is 7.76. The SMILES string of the molecule is Cc1cc2c(F)c(Oc3ncnc(Nc4ccc(N5CCNCC5)c(F)c4)c3F)ccc2[nH]1. The normalized spacial score (nSPS) is 14.0. The van der Waals surface area contributed by atoms with Gasteiger partial charge in [0.25, 0.3) is 5.88 Å². The van der Waals surface area contributed by atoms with E-state index < -0.39 is 23.3 Å². The summed E-state index contributed by atoms with van der Waals surface area (Å²) >= 11 is 0. The molecule has 3 N–H and O–H groups in total. The van der Waals surface area contributed by atoms with Crippen molar-refractivity contribution in [3.05, 3.63) is 65.9 Å². The van der Waals surface area contributed by atoms with Gasteiger partial charge in [-0.2, -0.15) is 9.37 Å². The van der Waals surface area contributed by atoms with Crippen LogP contribution in [0.25, 0.3) is 10.9 Å². The molecule has 5 rings (SSSR count). The Morgan fingerprint density at radius 1 is 1.00 bits per heavy atom. The first kappa shape index (κ1) is 21.1. The van der Waals surface area contributed by atoms with Crippen LogP contribution in [-0.2, 0) is 0 Å². The summed E-state index contributed by atoms with van der Waals surface area (Å²) < 4.78 is 49.9. The van der Waals surface area contributed by atoms with Crippen LogP contribution in [0.15, 0.2) is 42.7 Å². The quantitative estimate of drug-likeness (QED) is 0.408. The monoisotopic (exact) mass is 454 g/mol. The second kappa shape index (κ2) is 8.62. The largest absolute Gasteiger partial charge is 0.433 e. The highest BCUT2D eigenvalue weighted by Gasteiger charge is 2.19. The van der Waals surface area contributed by atoms with E-state index in [4.69, 9.17) is 4.74 Å². The third-order valence-electron chi connectivity index (χ3n) is 5.47. The van der Waals surface area contributed by atoms with Gasteiger partial charge in [0.05, 0.1) is 5.69 Å². The highest BCUT2D eigenvalue weighted by Crippen LogP contribution is 2.33. The molecule has 0 unspecified atom stereocenters. The molecule has 10 heteroatoms. The lowest BCUT2D eigenvalue weighted by atomic mass is 10.2. The topological polar surface area (TPSA) is 78.1 Å². The number of anilines is 3. The summed E-state index contributed by atoms with van der Waals surface area (Å²) in [5.41, 5.74) is 2.19. The molecule has 33 heavy (non-hydrogen) atoms. The molecule has 0 saturated carbocycles. The van der Waals surface area contributed by atoms with Crippen molar-refractivity contribution in [3.8, 4) is 11.6 Å². The molecule has 0 radical (unpaired) electrons. The van der Waals surface area contributed by atoms with Gasteiger partial charge >= 0.3 is 0 Å². The lowest BCUT2D eigenvalue weighted by molar-refractivity contribution is 0.400. The Bertz CT molecular complexity index is 1320. The van der Waals surface area contributed by atoms with Crippen LogP contribution in [0, 0.1) is 24.4 Å². The summed E-state index contributed by atoms with van der Waals surface area (Å²) in [5.74, 6) is -2.81. The number of hydrogen-bond acceptors (Lipinski definition) is 6. The van der Waals surface area contributed by atoms with Gasteiger partial charge in [0.2, 0.25) is 5.82 Å². The maximum absolute atomic E-state index is 15.0. The number of aryl methyl sites for hydroxylation is 1. The Morgan fingerprint density at radius 3 is 2.61 bits per heavy atom. The third-order valence-corrected chi connectivity index (χ3v) is 5.47. The second-order valence-electron chi connectivity index (χ2n) is 7.76. The minimum Gasteiger partial charge on any atom is -0.433 e. The summed E-state index contributed by atoms with van der Waals surface area (Å²) in [6, 6.07) is 9.24. The van der Waals surface area contributed by atoms with E-state index in [1.54, 1.807) is 31.2 Å². The van der Waals surface area contributed by atoms with E-state index in [1.165, 1.54) is 12.1 Å². The average molecular weight is 454 g/mol. The molecular weight excluding hydrogens is 433 g/mol. The molecule has 4 aromatic rings. The molecule has 2 aromatic heterocycles. The smallest absolute Gasteiger partial charge is 0.261 e. The molecule has 3 heterocycles. The third kappa shape index (κ3) is 4.17. The number of aromatic amines is 1. The number of halogens is 3. The molecule has 1 fully saturated rings. The molecule has 0 atom stereocenters. The number of piperazine rings is 1. The molecule has 1 saturated heterocycles. The van der Waals surface area contributed by atoms with Gasteiger partial charge in [-0.25, -0.2) is 13.8 Å². The summed E-state index contributed by atoms with van der Waals surface area (Å²) in [6.07, 6.45) is 1.09. The average Bonchev–Trinajstić information content (AvgIpc) is 3.20. The maximum atomic E-state index is 15.0. The van der Waals surface area contributed by atoms with Crippen molar-refractivity contribution in [2.45, 2.75) is 6.92 Å². The molecule has 2 aromatic carbocycles. The molecule has 1 aliphatic heterocycles. The van der Waals surface area contributed by atoms with Crippen LogP contribution < -0.4 is 20.3 Å². The standard InChI is InChI=1S/C23H21F3N6O/c1-13-10-15-17(30-13)3-5-19(20(15)25)33-23-21(26)22(28-12-29-23)31-14-2-4-18(16(24)11-14)32-8-6-27-7-9-32/h2-5,10-12,27,30H,6-9H2,1H3,(H,28,29,31). The maximum Gasteiger partial charge on any atom is 0.261 e. The number of H-pyrrole nitrogens is 1. The zero-order valence-electron chi connectivity index (χ0n) is 17.8. The predicted molar refractivity (Wildman–Crippen MR) is 120 cm³/mol. The van der Waals surface area contributed by atoms with E-state index in [0.29, 0.717) is 35.4 Å². The molecular formula is C23H21F3N6O. The number of hydrogen-bond donors (Lipinski definition) is 3. The van der Waals surface area contributed by atoms with Crippen molar-refractivity contribution < 1.29 is 17.9 Å². The minimum atomic E-state index is -0.922. The number of nitrogens with one attached hydrogen (secondary N) is 3. The van der Waals surface area contributed by atoms with Crippen LogP contribution in [0.4, 0.5) is 30.4 Å². The van der Waals surface area contributed by atoms with Crippen molar-refractivity contribution in [1.29, 1.82) is 0 Å². The lowest BCUT2D eigenvalue weighted by Crippen LogP contribution is -2.43. The Hall–Kier alpha value is -3.79. The van der Waals surface area contributed by atoms with Crippen molar-refractivity contribution in [2.75, 3.05) is 36.4 Å². The molecule has 7 nitrogen and oxygen atoms in total. The zero-order valence-corrected chi connectivity index (χ0v) is 17.8. The first-order valence-electron chi connectivity index (χ1n) is 10.5. The van der Waals surface area contributed by atoms with Crippen molar-refractivity contribution in [3.63, 3.8) is 0 Å². The highest BCUT2D eigenvalue weighted by molar-refractivity contribution is 5.82. The van der Waals surface area contributed by atoms with Gasteiger partial charge in [-0.15, -0.1) is 0 Å². The van der Waals surface area contributed by atoms with Crippen molar-refractivity contribution in [2.24, 2.45) is 0 Å². The first-order valence-corrected chi connectivity index (χ1v) is 10.5. The van der Waals surface area contributed by atoms with E-state index in [0.717, 1.165) is 25.1 Å². The number of benzene rings is 2. The Kier molecular flexibility index (Phi) is 5.51. The van der Waals surface area contributed by atoms with E-state index in [1.807, 2.05) is 4.90 Å². The van der Waals surface area contributed by atoms with Crippen LogP contribution in [0.5, 0.6) is 11.6 Å². The first-order chi connectivity index (χ1) is 16.0. The van der Waals surface area contributed by atoms with E-state index in [9.17, 15) is 8.78 Å². The highest BCUT2D eigenvalue weighted by atomic mass is 19.1. The van der Waals surface area contributed by atoms with Crippen LogP contribution in [0.1, 0.15) is 5.69 Å². The number of ether oxygens (including phenoxy) is 1. The molecule has 1 aliphatic rings. The van der Waals surface area contributed by atoms with Gasteiger partial charge in [-0.05, 0) is 43.3 Å². The lowest BCUT2D eigenvalue weighted by Gasteiger charge is -2.29. The van der Waals surface area contributed by atoms with Crippen molar-refractivity contribution in [1.82, 2.24) is 20.3 Å². The minimum absolute atomic E-state index is 0.170. The van der Waals surface area contributed by atoms with Gasteiger partial charge in [0.1, 0.15) is 12.1 Å². The molecule has 0 amide bonds. The van der Waals surface area contributed by atoms with Crippen LogP contribution in [0.2, 0.25) is 0 Å². The van der Waals surface area contributed by atoms with Gasteiger partial charge < -0.3 is 25.3 Å². The van der Waals surface area contributed by atoms with Crippen LogP contribution >= 0.6 is 0 Å². The molecule has 0 spiro atoms. The number of nitrogens with zero attached hydrogens (tertiary/aromatic N) is 3. The van der Waals surface area contributed by atoms with Gasteiger partial charge in [0, 0.05) is 48.5 Å². The summed E-state index contributed by atoms with van der Waals surface area (Å²) in [4.78, 5) is 12.6. The molecule has 170 valence electrons. The molecule has 0 bridgehead atoms. The summed E-state index contributed by atoms with van der Waals surface area (Å²) in [6.45, 7) is 4.78. The van der Waals surface area contributed by atoms with Crippen LogP contribution in [0.3, 0.4) is 0 Å². The van der Waals surface area contributed by atoms with E-state index in [2.05, 4.69) is 25.6 Å². The fraction of sp³-hybridized carbons (Fsp3) is 0.217. The fourth-order valence-corrected chi connectivity index (χ4v) is 3.87. The van der Waals surface area contributed by atoms with Crippen LogP contribution in [-0.4, -0.2) is 41.1 Å². The van der Waals surface area contributed by atoms with Gasteiger partial charge in [0.15, 0.2) is 17.4 Å². The summed E-state index contributed by atoms with van der Waals surface area (Å²) in [7, 11) is 0. The Morgan fingerprint density at radius 2 is 1.82 bits per heavy atom. The number of fused-ring (bicyclic) bond motifs is 1. The fourth-order valence-electron chi connectivity index (χ4n) is 3.87.